The molecule has 1 unspecified atom stereocenters. The van der Waals surface area contributed by atoms with Gasteiger partial charge >= 0.3 is 0 Å². The Kier molecular flexibility index (Phi) is 5.20. The highest BCUT2D eigenvalue weighted by Crippen LogP contribution is 2.36. The summed E-state index contributed by atoms with van der Waals surface area (Å²) < 4.78 is 5.93. The van der Waals surface area contributed by atoms with E-state index >= 15 is 0 Å². The van der Waals surface area contributed by atoms with Crippen LogP contribution in [0.3, 0.4) is 0 Å². The molecule has 0 fully saturated rings. The van der Waals surface area contributed by atoms with Crippen LogP contribution < -0.4 is 0 Å². The molecule has 0 aromatic rings. The summed E-state index contributed by atoms with van der Waals surface area (Å²) in [7, 11) is -1.72. The van der Waals surface area contributed by atoms with Crippen molar-refractivity contribution in [2.24, 2.45) is 0 Å². The van der Waals surface area contributed by atoms with Gasteiger partial charge in [0.05, 0.1) is 11.7 Å². The third-order valence-corrected chi connectivity index (χ3v) is 8.01. The Balaban J connectivity index is 4.10. The van der Waals surface area contributed by atoms with Crippen molar-refractivity contribution in [3.05, 3.63) is 0 Å². The van der Waals surface area contributed by atoms with Crippen molar-refractivity contribution in [3.63, 3.8) is 0 Å². The van der Waals surface area contributed by atoms with Gasteiger partial charge in [0.2, 0.25) is 0 Å². The van der Waals surface area contributed by atoms with Gasteiger partial charge in [0.25, 0.3) is 0 Å². The van der Waals surface area contributed by atoms with Crippen LogP contribution in [0.2, 0.25) is 18.1 Å². The van der Waals surface area contributed by atoms with Crippen molar-refractivity contribution < 1.29 is 14.6 Å². The summed E-state index contributed by atoms with van der Waals surface area (Å²) in [5.74, 6) is 0. The lowest BCUT2D eigenvalue weighted by molar-refractivity contribution is -0.0562. The first-order chi connectivity index (χ1) is 6.88. The molecule has 2 N–H and O–H groups in total. The molecule has 0 radical (unpaired) electrons. The van der Waals surface area contributed by atoms with Crippen molar-refractivity contribution in [2.75, 3.05) is 6.61 Å². The lowest BCUT2D eigenvalue weighted by atomic mass is 10.00. The van der Waals surface area contributed by atoms with Gasteiger partial charge in [0.1, 0.15) is 0 Å². The highest BCUT2D eigenvalue weighted by atomic mass is 28.4. The van der Waals surface area contributed by atoms with Crippen molar-refractivity contribution in [1.82, 2.24) is 0 Å². The van der Waals surface area contributed by atoms with Crippen LogP contribution in [0.5, 0.6) is 0 Å². The minimum atomic E-state index is -1.72. The normalized spacial score (nSPS) is 16.3. The van der Waals surface area contributed by atoms with Crippen LogP contribution >= 0.6 is 0 Å². The predicted molar refractivity (Wildman–Crippen MR) is 70.1 cm³/mol. The summed E-state index contributed by atoms with van der Waals surface area (Å²) in [5.41, 5.74) is -1.04. The lowest BCUT2D eigenvalue weighted by Gasteiger charge is -2.36. The van der Waals surface area contributed by atoms with Crippen LogP contribution in [0.4, 0.5) is 0 Å². The zero-order valence-corrected chi connectivity index (χ0v) is 12.8. The van der Waals surface area contributed by atoms with Crippen molar-refractivity contribution in [1.29, 1.82) is 0 Å². The average molecular weight is 248 g/mol. The molecule has 0 spiro atoms. The molecule has 0 amide bonds. The standard InChI is InChI=1S/C12H28O3Si/c1-11(2,3)16(6,7)15-9-8-10(13)12(4,5)14/h10,13-14H,8-9H2,1-7H3. The van der Waals surface area contributed by atoms with Crippen LogP contribution in [-0.2, 0) is 4.43 Å². The van der Waals surface area contributed by atoms with Crippen molar-refractivity contribution in [3.8, 4) is 0 Å². The number of hydrogen-bond donors (Lipinski definition) is 2. The summed E-state index contributed by atoms with van der Waals surface area (Å²) in [6.45, 7) is 14.7. The number of aliphatic hydroxyl groups excluding tert-OH is 1. The Morgan fingerprint density at radius 1 is 1.12 bits per heavy atom. The van der Waals surface area contributed by atoms with Gasteiger partial charge in [-0.05, 0) is 38.4 Å². The van der Waals surface area contributed by atoms with E-state index in [0.717, 1.165) is 0 Å². The van der Waals surface area contributed by atoms with E-state index in [4.69, 9.17) is 4.43 Å². The Hall–Kier alpha value is 0.0969. The van der Waals surface area contributed by atoms with E-state index < -0.39 is 20.0 Å². The highest BCUT2D eigenvalue weighted by Gasteiger charge is 2.37. The molecule has 0 rings (SSSR count). The van der Waals surface area contributed by atoms with E-state index in [9.17, 15) is 10.2 Å². The molecule has 1 atom stereocenters. The van der Waals surface area contributed by atoms with Crippen LogP contribution in [0, 0.1) is 0 Å². The molecule has 0 bridgehead atoms. The molecule has 0 saturated heterocycles. The summed E-state index contributed by atoms with van der Waals surface area (Å²) in [6, 6.07) is 0. The third kappa shape index (κ3) is 4.95. The maximum atomic E-state index is 9.67. The molecule has 0 aliphatic heterocycles. The fourth-order valence-electron chi connectivity index (χ4n) is 0.995. The number of hydrogen-bond acceptors (Lipinski definition) is 3. The Bertz CT molecular complexity index is 213. The van der Waals surface area contributed by atoms with E-state index in [1.165, 1.54) is 0 Å². The highest BCUT2D eigenvalue weighted by molar-refractivity contribution is 6.74. The molecule has 3 nitrogen and oxygen atoms in total. The average Bonchev–Trinajstić information content (AvgIpc) is 1.99. The molecule has 4 heteroatoms. The molecule has 0 saturated carbocycles. The van der Waals surface area contributed by atoms with Crippen LogP contribution in [0.25, 0.3) is 0 Å². The Morgan fingerprint density at radius 3 is 1.88 bits per heavy atom. The quantitative estimate of drug-likeness (QED) is 0.735. The molecule has 0 aliphatic rings. The minimum Gasteiger partial charge on any atom is -0.417 e. The maximum Gasteiger partial charge on any atom is 0.191 e. The Morgan fingerprint density at radius 2 is 1.56 bits per heavy atom. The number of rotatable bonds is 5. The monoisotopic (exact) mass is 248 g/mol. The van der Waals surface area contributed by atoms with E-state index in [2.05, 4.69) is 33.9 Å². The van der Waals surface area contributed by atoms with Crippen LogP contribution in [-0.4, -0.2) is 36.8 Å². The van der Waals surface area contributed by atoms with Crippen LogP contribution in [0.15, 0.2) is 0 Å². The smallest absolute Gasteiger partial charge is 0.191 e. The second kappa shape index (κ2) is 5.17. The first-order valence-corrected chi connectivity index (χ1v) is 8.83. The van der Waals surface area contributed by atoms with Crippen molar-refractivity contribution in [2.45, 2.75) is 70.9 Å². The SMILES string of the molecule is CC(C)(O)C(O)CCO[Si](C)(C)C(C)(C)C. The summed E-state index contributed by atoms with van der Waals surface area (Å²) >= 11 is 0. The fourth-order valence-corrected chi connectivity index (χ4v) is 2.06. The molecular formula is C12H28O3Si. The molecular weight excluding hydrogens is 220 g/mol. The van der Waals surface area contributed by atoms with Gasteiger partial charge in [-0.1, -0.05) is 20.8 Å². The first kappa shape index (κ1) is 16.1. The van der Waals surface area contributed by atoms with Gasteiger partial charge in [-0.3, -0.25) is 0 Å². The zero-order chi connectivity index (χ0) is 13.2. The van der Waals surface area contributed by atoms with Gasteiger partial charge in [0, 0.05) is 6.61 Å². The molecule has 98 valence electrons. The molecule has 0 aliphatic carbocycles. The predicted octanol–water partition coefficient (Wildman–Crippen LogP) is 2.53. The van der Waals surface area contributed by atoms with Gasteiger partial charge in [-0.2, -0.15) is 0 Å². The lowest BCUT2D eigenvalue weighted by Crippen LogP contribution is -2.43. The van der Waals surface area contributed by atoms with Crippen molar-refractivity contribution >= 4 is 8.32 Å². The second-order valence-electron chi connectivity index (χ2n) is 6.57. The van der Waals surface area contributed by atoms with Gasteiger partial charge in [-0.25, -0.2) is 0 Å². The van der Waals surface area contributed by atoms with E-state index in [-0.39, 0.29) is 5.04 Å². The van der Waals surface area contributed by atoms with Gasteiger partial charge < -0.3 is 14.6 Å². The first-order valence-electron chi connectivity index (χ1n) is 5.92. The summed E-state index contributed by atoms with van der Waals surface area (Å²) in [5, 5.41) is 19.4. The van der Waals surface area contributed by atoms with E-state index in [1.807, 2.05) is 0 Å². The van der Waals surface area contributed by atoms with Gasteiger partial charge in [0.15, 0.2) is 8.32 Å². The number of aliphatic hydroxyl groups is 2. The van der Waals surface area contributed by atoms with E-state index in [1.54, 1.807) is 13.8 Å². The molecule has 16 heavy (non-hydrogen) atoms. The fraction of sp³-hybridized carbons (Fsp3) is 1.00. The summed E-state index contributed by atoms with van der Waals surface area (Å²) in [4.78, 5) is 0. The zero-order valence-electron chi connectivity index (χ0n) is 11.8. The summed E-state index contributed by atoms with van der Waals surface area (Å²) in [6.07, 6.45) is -0.243. The van der Waals surface area contributed by atoms with Crippen LogP contribution in [0.1, 0.15) is 41.0 Å². The third-order valence-electron chi connectivity index (χ3n) is 3.48. The van der Waals surface area contributed by atoms with E-state index in [0.29, 0.717) is 13.0 Å². The second-order valence-corrected chi connectivity index (χ2v) is 11.4. The molecule has 0 heterocycles. The largest absolute Gasteiger partial charge is 0.417 e. The minimum absolute atomic E-state index is 0.187. The molecule has 0 aromatic carbocycles. The molecule has 0 aromatic heterocycles. The Labute approximate surface area is 101 Å². The topological polar surface area (TPSA) is 49.7 Å². The van der Waals surface area contributed by atoms with Gasteiger partial charge in [-0.15, -0.1) is 0 Å². The maximum absolute atomic E-state index is 9.67.